The molecule has 0 fully saturated rings. The molecular formula is C15H15N3OS. The van der Waals surface area contributed by atoms with E-state index in [1.165, 1.54) is 11.3 Å². The fraction of sp³-hybridized carbons (Fsp3) is 0.200. The summed E-state index contributed by atoms with van der Waals surface area (Å²) < 4.78 is 0. The number of H-pyrrole nitrogens is 1. The van der Waals surface area contributed by atoms with Gasteiger partial charge in [0.1, 0.15) is 0 Å². The quantitative estimate of drug-likeness (QED) is 0.723. The molecule has 1 atom stereocenters. The molecule has 0 bridgehead atoms. The number of carbonyl (C=O) groups is 1. The molecule has 2 aromatic heterocycles. The van der Waals surface area contributed by atoms with Gasteiger partial charge in [-0.3, -0.25) is 4.79 Å². The van der Waals surface area contributed by atoms with Crippen LogP contribution in [-0.2, 0) is 0 Å². The van der Waals surface area contributed by atoms with Gasteiger partial charge in [-0.25, -0.2) is 4.98 Å². The summed E-state index contributed by atoms with van der Waals surface area (Å²) in [4.78, 5) is 20.0. The molecule has 4 nitrogen and oxygen atoms in total. The van der Waals surface area contributed by atoms with E-state index in [1.54, 1.807) is 6.20 Å². The van der Waals surface area contributed by atoms with Crippen molar-refractivity contribution in [2.24, 2.45) is 5.73 Å². The lowest BCUT2D eigenvalue weighted by atomic mass is 10.1. The number of fused-ring (bicyclic) bond motifs is 1. The van der Waals surface area contributed by atoms with Gasteiger partial charge in [0.15, 0.2) is 5.01 Å². The number of nitrogens with two attached hydrogens (primary N) is 1. The highest BCUT2D eigenvalue weighted by Crippen LogP contribution is 2.24. The highest BCUT2D eigenvalue weighted by Gasteiger charge is 2.18. The first-order valence-corrected chi connectivity index (χ1v) is 7.40. The van der Waals surface area contributed by atoms with Crippen molar-refractivity contribution < 1.29 is 4.79 Å². The van der Waals surface area contributed by atoms with Crippen molar-refractivity contribution in [3.63, 3.8) is 0 Å². The topological polar surface area (TPSA) is 71.8 Å². The van der Waals surface area contributed by atoms with Crippen molar-refractivity contribution in [1.29, 1.82) is 0 Å². The summed E-state index contributed by atoms with van der Waals surface area (Å²) in [5.74, 6) is -0.0537. The molecule has 0 spiro atoms. The third kappa shape index (κ3) is 2.15. The maximum absolute atomic E-state index is 12.5. The molecule has 3 N–H and O–H groups in total. The Morgan fingerprint density at radius 3 is 3.05 bits per heavy atom. The van der Waals surface area contributed by atoms with E-state index in [4.69, 9.17) is 5.73 Å². The molecule has 0 amide bonds. The van der Waals surface area contributed by atoms with Crippen molar-refractivity contribution in [2.75, 3.05) is 0 Å². The van der Waals surface area contributed by atoms with Crippen LogP contribution in [0, 0.1) is 0 Å². The van der Waals surface area contributed by atoms with Crippen LogP contribution in [0.5, 0.6) is 0 Å². The first-order valence-electron chi connectivity index (χ1n) is 6.52. The number of aromatic nitrogens is 2. The van der Waals surface area contributed by atoms with Crippen LogP contribution >= 0.6 is 11.3 Å². The third-order valence-electron chi connectivity index (χ3n) is 3.37. The molecule has 1 unspecified atom stereocenters. The number of carbonyl (C=O) groups excluding carboxylic acids is 1. The number of para-hydroxylation sites is 1. The van der Waals surface area contributed by atoms with Crippen molar-refractivity contribution in [1.82, 2.24) is 9.97 Å². The van der Waals surface area contributed by atoms with E-state index in [0.29, 0.717) is 10.6 Å². The zero-order valence-electron chi connectivity index (χ0n) is 11.1. The molecule has 0 aliphatic carbocycles. The number of hydrogen-bond donors (Lipinski definition) is 2. The Labute approximate surface area is 120 Å². The average molecular weight is 285 g/mol. The molecule has 0 aliphatic heterocycles. The molecule has 2 heterocycles. The van der Waals surface area contributed by atoms with Gasteiger partial charge in [0.05, 0.1) is 11.3 Å². The van der Waals surface area contributed by atoms with Crippen LogP contribution in [0.2, 0.25) is 0 Å². The second kappa shape index (κ2) is 5.19. The molecule has 5 heteroatoms. The smallest absolute Gasteiger partial charge is 0.223 e. The summed E-state index contributed by atoms with van der Waals surface area (Å²) in [6.07, 6.45) is 2.55. The van der Waals surface area contributed by atoms with Gasteiger partial charge in [-0.15, -0.1) is 11.3 Å². The number of nitrogens with zero attached hydrogens (tertiary/aromatic N) is 1. The summed E-state index contributed by atoms with van der Waals surface area (Å²) in [6, 6.07) is 7.65. The normalized spacial score (nSPS) is 12.7. The van der Waals surface area contributed by atoms with Gasteiger partial charge in [-0.05, 0) is 12.5 Å². The Kier molecular flexibility index (Phi) is 3.38. The Morgan fingerprint density at radius 1 is 1.45 bits per heavy atom. The van der Waals surface area contributed by atoms with E-state index in [-0.39, 0.29) is 11.8 Å². The van der Waals surface area contributed by atoms with Crippen molar-refractivity contribution >= 4 is 28.0 Å². The molecule has 20 heavy (non-hydrogen) atoms. The fourth-order valence-corrected chi connectivity index (χ4v) is 2.98. The van der Waals surface area contributed by atoms with Gasteiger partial charge >= 0.3 is 0 Å². The number of rotatable bonds is 4. The van der Waals surface area contributed by atoms with Crippen LogP contribution in [0.1, 0.15) is 40.4 Å². The van der Waals surface area contributed by atoms with Crippen LogP contribution in [0.3, 0.4) is 0 Å². The lowest BCUT2D eigenvalue weighted by Gasteiger charge is -2.02. The molecule has 3 aromatic rings. The predicted octanol–water partition coefficient (Wildman–Crippen LogP) is 3.27. The first kappa shape index (κ1) is 13.0. The van der Waals surface area contributed by atoms with E-state index in [1.807, 2.05) is 36.6 Å². The largest absolute Gasteiger partial charge is 0.360 e. The third-order valence-corrected chi connectivity index (χ3v) is 4.23. The Bertz CT molecular complexity index is 759. The number of thiazole rings is 1. The van der Waals surface area contributed by atoms with Crippen LogP contribution in [0.25, 0.3) is 10.9 Å². The first-order chi connectivity index (χ1) is 9.70. The second-order valence-corrected chi connectivity index (χ2v) is 5.53. The highest BCUT2D eigenvalue weighted by molar-refractivity contribution is 7.12. The number of aromatic amines is 1. The van der Waals surface area contributed by atoms with E-state index in [9.17, 15) is 4.79 Å². The summed E-state index contributed by atoms with van der Waals surface area (Å²) >= 11 is 1.35. The molecule has 0 radical (unpaired) electrons. The van der Waals surface area contributed by atoms with Crippen LogP contribution in [0.4, 0.5) is 0 Å². The van der Waals surface area contributed by atoms with Gasteiger partial charge < -0.3 is 10.7 Å². The van der Waals surface area contributed by atoms with Gasteiger partial charge in [-0.2, -0.15) is 0 Å². The van der Waals surface area contributed by atoms with Crippen molar-refractivity contribution in [2.45, 2.75) is 19.4 Å². The monoisotopic (exact) mass is 285 g/mol. The van der Waals surface area contributed by atoms with Crippen LogP contribution in [0.15, 0.2) is 35.8 Å². The lowest BCUT2D eigenvalue weighted by molar-refractivity contribution is 0.103. The SMILES string of the molecule is CCC(N)c1csc(C(=O)c2c[nH]c3ccccc23)n1. The molecule has 0 saturated carbocycles. The summed E-state index contributed by atoms with van der Waals surface area (Å²) in [5, 5.41) is 3.29. The molecule has 1 aromatic carbocycles. The second-order valence-electron chi connectivity index (χ2n) is 4.67. The fourth-order valence-electron chi connectivity index (χ4n) is 2.14. The van der Waals surface area contributed by atoms with Gasteiger partial charge in [-0.1, -0.05) is 25.1 Å². The molecular weight excluding hydrogens is 270 g/mol. The average Bonchev–Trinajstić information content (AvgIpc) is 3.12. The summed E-state index contributed by atoms with van der Waals surface area (Å²) in [6.45, 7) is 2.01. The van der Waals surface area contributed by atoms with E-state index < -0.39 is 0 Å². The minimum Gasteiger partial charge on any atom is -0.360 e. The van der Waals surface area contributed by atoms with Gasteiger partial charge in [0.25, 0.3) is 0 Å². The van der Waals surface area contributed by atoms with Crippen molar-refractivity contribution in [3.05, 3.63) is 52.1 Å². The van der Waals surface area contributed by atoms with Crippen LogP contribution in [-0.4, -0.2) is 15.8 Å². The molecule has 102 valence electrons. The zero-order valence-corrected chi connectivity index (χ0v) is 11.9. The maximum Gasteiger partial charge on any atom is 0.223 e. The summed E-state index contributed by atoms with van der Waals surface area (Å²) in [7, 11) is 0. The standard InChI is InChI=1S/C15H15N3OS/c1-2-11(16)13-8-20-15(18-13)14(19)10-7-17-12-6-4-3-5-9(10)12/h3-8,11,17H,2,16H2,1H3. The minimum absolute atomic E-state index is 0.0537. The Hall–Kier alpha value is -1.98. The zero-order chi connectivity index (χ0) is 14.1. The van der Waals surface area contributed by atoms with Crippen molar-refractivity contribution in [3.8, 4) is 0 Å². The molecule has 0 saturated heterocycles. The van der Waals surface area contributed by atoms with E-state index >= 15 is 0 Å². The minimum atomic E-state index is -0.101. The Balaban J connectivity index is 1.98. The van der Waals surface area contributed by atoms with E-state index in [2.05, 4.69) is 9.97 Å². The van der Waals surface area contributed by atoms with E-state index in [0.717, 1.165) is 23.0 Å². The summed E-state index contributed by atoms with van der Waals surface area (Å²) in [5.41, 5.74) is 8.35. The Morgan fingerprint density at radius 2 is 2.25 bits per heavy atom. The highest BCUT2D eigenvalue weighted by atomic mass is 32.1. The maximum atomic E-state index is 12.5. The van der Waals surface area contributed by atoms with Crippen LogP contribution < -0.4 is 5.73 Å². The molecule has 0 aliphatic rings. The van der Waals surface area contributed by atoms with Gasteiger partial charge in [0, 0.05) is 28.5 Å². The lowest BCUT2D eigenvalue weighted by Crippen LogP contribution is -2.09. The van der Waals surface area contributed by atoms with Gasteiger partial charge in [0.2, 0.25) is 5.78 Å². The number of hydrogen-bond acceptors (Lipinski definition) is 4. The number of ketones is 1. The predicted molar refractivity (Wildman–Crippen MR) is 81.1 cm³/mol. The number of benzene rings is 1. The molecule has 3 rings (SSSR count). The number of nitrogens with one attached hydrogen (secondary N) is 1.